The van der Waals surface area contributed by atoms with Gasteiger partial charge in [0, 0.05) is 32.9 Å². The third-order valence-electron chi connectivity index (χ3n) is 4.22. The van der Waals surface area contributed by atoms with Crippen molar-refractivity contribution in [2.75, 3.05) is 38.3 Å². The SMILES string of the molecule is COCCN1Cc2nc(N3CCC[C@@H](C)C3)ncc2C1=O. The van der Waals surface area contributed by atoms with Crippen LogP contribution in [0.25, 0.3) is 0 Å². The Bertz CT molecular complexity index is 534. The van der Waals surface area contributed by atoms with Crippen LogP contribution in [0.5, 0.6) is 0 Å². The second kappa shape index (κ2) is 5.97. The first-order chi connectivity index (χ1) is 10.2. The van der Waals surface area contributed by atoms with E-state index in [0.29, 0.717) is 31.2 Å². The summed E-state index contributed by atoms with van der Waals surface area (Å²) in [6.45, 7) is 5.97. The molecule has 0 aromatic carbocycles. The first-order valence-corrected chi connectivity index (χ1v) is 7.58. The third-order valence-corrected chi connectivity index (χ3v) is 4.22. The van der Waals surface area contributed by atoms with E-state index >= 15 is 0 Å². The maximum absolute atomic E-state index is 12.2. The van der Waals surface area contributed by atoms with Gasteiger partial charge in [0.05, 0.1) is 24.4 Å². The summed E-state index contributed by atoms with van der Waals surface area (Å²) < 4.78 is 5.04. The summed E-state index contributed by atoms with van der Waals surface area (Å²) in [7, 11) is 1.64. The van der Waals surface area contributed by atoms with Crippen molar-refractivity contribution in [3.63, 3.8) is 0 Å². The minimum Gasteiger partial charge on any atom is -0.383 e. The lowest BCUT2D eigenvalue weighted by molar-refractivity contribution is 0.0718. The number of nitrogens with zero attached hydrogens (tertiary/aromatic N) is 4. The standard InChI is InChI=1S/C15H22N4O2/c1-11-4-3-5-19(9-11)15-16-8-12-13(17-15)10-18(14(12)20)6-7-21-2/h8,11H,3-7,9-10H2,1-2H3/t11-/m1/s1. The summed E-state index contributed by atoms with van der Waals surface area (Å²) in [5.74, 6) is 1.46. The van der Waals surface area contributed by atoms with Crippen molar-refractivity contribution in [1.82, 2.24) is 14.9 Å². The highest BCUT2D eigenvalue weighted by Gasteiger charge is 2.30. The Hall–Kier alpha value is -1.69. The summed E-state index contributed by atoms with van der Waals surface area (Å²) in [6.07, 6.45) is 4.14. The molecule has 3 heterocycles. The van der Waals surface area contributed by atoms with Gasteiger partial charge in [-0.15, -0.1) is 0 Å². The van der Waals surface area contributed by atoms with Crippen LogP contribution in [0.1, 0.15) is 35.8 Å². The van der Waals surface area contributed by atoms with Crippen LogP contribution in [0.3, 0.4) is 0 Å². The van der Waals surface area contributed by atoms with Gasteiger partial charge >= 0.3 is 0 Å². The fourth-order valence-corrected chi connectivity index (χ4v) is 3.03. The van der Waals surface area contributed by atoms with Gasteiger partial charge in [-0.05, 0) is 18.8 Å². The lowest BCUT2D eigenvalue weighted by Crippen LogP contribution is -2.35. The van der Waals surface area contributed by atoms with Gasteiger partial charge in [0.25, 0.3) is 5.91 Å². The van der Waals surface area contributed by atoms with Gasteiger partial charge in [0.1, 0.15) is 0 Å². The van der Waals surface area contributed by atoms with Crippen LogP contribution in [0.2, 0.25) is 0 Å². The molecule has 6 heteroatoms. The number of carbonyl (C=O) groups excluding carboxylic acids is 1. The second-order valence-corrected chi connectivity index (χ2v) is 5.94. The Morgan fingerprint density at radius 3 is 3.10 bits per heavy atom. The van der Waals surface area contributed by atoms with Crippen molar-refractivity contribution < 1.29 is 9.53 Å². The molecule has 1 saturated heterocycles. The molecule has 0 spiro atoms. The van der Waals surface area contributed by atoms with Gasteiger partial charge in [-0.2, -0.15) is 0 Å². The molecule has 114 valence electrons. The maximum atomic E-state index is 12.2. The molecule has 0 unspecified atom stereocenters. The Morgan fingerprint density at radius 1 is 1.48 bits per heavy atom. The predicted octanol–water partition coefficient (Wildman–Crippen LogP) is 1.32. The molecule has 0 saturated carbocycles. The van der Waals surface area contributed by atoms with Crippen LogP contribution in [-0.4, -0.2) is 54.1 Å². The summed E-state index contributed by atoms with van der Waals surface area (Å²) in [5.41, 5.74) is 1.49. The van der Waals surface area contributed by atoms with E-state index in [1.54, 1.807) is 18.2 Å². The van der Waals surface area contributed by atoms with Crippen LogP contribution in [-0.2, 0) is 11.3 Å². The van der Waals surface area contributed by atoms with Crippen LogP contribution >= 0.6 is 0 Å². The molecule has 2 aliphatic heterocycles. The highest BCUT2D eigenvalue weighted by Crippen LogP contribution is 2.24. The lowest BCUT2D eigenvalue weighted by atomic mass is 10.0. The van der Waals surface area contributed by atoms with Crippen molar-refractivity contribution in [2.24, 2.45) is 5.92 Å². The molecule has 0 bridgehead atoms. The average molecular weight is 290 g/mol. The number of hydrogen-bond donors (Lipinski definition) is 0. The third kappa shape index (κ3) is 2.85. The molecule has 0 aliphatic carbocycles. The molecule has 1 amide bonds. The molecule has 6 nitrogen and oxygen atoms in total. The van der Waals surface area contributed by atoms with Crippen LogP contribution in [0, 0.1) is 5.92 Å². The Morgan fingerprint density at radius 2 is 2.33 bits per heavy atom. The highest BCUT2D eigenvalue weighted by atomic mass is 16.5. The van der Waals surface area contributed by atoms with Gasteiger partial charge < -0.3 is 14.5 Å². The predicted molar refractivity (Wildman–Crippen MR) is 79.3 cm³/mol. The first kappa shape index (κ1) is 14.3. The van der Waals surface area contributed by atoms with Crippen molar-refractivity contribution >= 4 is 11.9 Å². The fraction of sp³-hybridized carbons (Fsp3) is 0.667. The zero-order valence-electron chi connectivity index (χ0n) is 12.7. The Balaban J connectivity index is 1.76. The van der Waals surface area contributed by atoms with E-state index in [2.05, 4.69) is 21.8 Å². The summed E-state index contributed by atoms with van der Waals surface area (Å²) in [6, 6.07) is 0. The smallest absolute Gasteiger partial charge is 0.257 e. The zero-order valence-corrected chi connectivity index (χ0v) is 12.7. The molecule has 1 aromatic rings. The number of hydrogen-bond acceptors (Lipinski definition) is 5. The number of fused-ring (bicyclic) bond motifs is 1. The maximum Gasteiger partial charge on any atom is 0.257 e. The van der Waals surface area contributed by atoms with Crippen LogP contribution in [0.4, 0.5) is 5.95 Å². The number of piperidine rings is 1. The minimum absolute atomic E-state index is 0.0145. The number of rotatable bonds is 4. The summed E-state index contributed by atoms with van der Waals surface area (Å²) >= 11 is 0. The fourth-order valence-electron chi connectivity index (χ4n) is 3.03. The quantitative estimate of drug-likeness (QED) is 0.837. The number of methoxy groups -OCH3 is 1. The van der Waals surface area contributed by atoms with Gasteiger partial charge in [-0.1, -0.05) is 6.92 Å². The van der Waals surface area contributed by atoms with E-state index in [9.17, 15) is 4.79 Å². The molecular weight excluding hydrogens is 268 g/mol. The largest absolute Gasteiger partial charge is 0.383 e. The molecule has 0 N–H and O–H groups in total. The van der Waals surface area contributed by atoms with Gasteiger partial charge in [-0.3, -0.25) is 4.79 Å². The average Bonchev–Trinajstić information content (AvgIpc) is 2.81. The zero-order chi connectivity index (χ0) is 14.8. The summed E-state index contributed by atoms with van der Waals surface area (Å²) in [4.78, 5) is 25.3. The van der Waals surface area contributed by atoms with Crippen molar-refractivity contribution in [3.8, 4) is 0 Å². The number of aromatic nitrogens is 2. The normalized spacial score (nSPS) is 21.8. The first-order valence-electron chi connectivity index (χ1n) is 7.58. The van der Waals surface area contributed by atoms with E-state index in [1.807, 2.05) is 0 Å². The molecule has 2 aliphatic rings. The van der Waals surface area contributed by atoms with Crippen LogP contribution < -0.4 is 4.90 Å². The topological polar surface area (TPSA) is 58.6 Å². The molecule has 3 rings (SSSR count). The number of amides is 1. The number of carbonyl (C=O) groups is 1. The van der Waals surface area contributed by atoms with E-state index in [4.69, 9.17) is 4.74 Å². The molecule has 0 radical (unpaired) electrons. The van der Waals surface area contributed by atoms with Gasteiger partial charge in [-0.25, -0.2) is 9.97 Å². The van der Waals surface area contributed by atoms with E-state index in [-0.39, 0.29) is 5.91 Å². The monoisotopic (exact) mass is 290 g/mol. The lowest BCUT2D eigenvalue weighted by Gasteiger charge is -2.30. The highest BCUT2D eigenvalue weighted by molar-refractivity contribution is 5.97. The van der Waals surface area contributed by atoms with Gasteiger partial charge in [0.15, 0.2) is 0 Å². The van der Waals surface area contributed by atoms with Crippen molar-refractivity contribution in [3.05, 3.63) is 17.5 Å². The number of anilines is 1. The summed E-state index contributed by atoms with van der Waals surface area (Å²) in [5, 5.41) is 0. The van der Waals surface area contributed by atoms with E-state index in [0.717, 1.165) is 24.7 Å². The van der Waals surface area contributed by atoms with E-state index in [1.165, 1.54) is 12.8 Å². The van der Waals surface area contributed by atoms with Gasteiger partial charge in [0.2, 0.25) is 5.95 Å². The van der Waals surface area contributed by atoms with Crippen molar-refractivity contribution in [2.45, 2.75) is 26.3 Å². The van der Waals surface area contributed by atoms with Crippen molar-refractivity contribution in [1.29, 1.82) is 0 Å². The van der Waals surface area contributed by atoms with Crippen LogP contribution in [0.15, 0.2) is 6.20 Å². The molecule has 1 fully saturated rings. The number of ether oxygens (including phenoxy) is 1. The molecule has 1 aromatic heterocycles. The Kier molecular flexibility index (Phi) is 4.05. The molecular formula is C15H22N4O2. The molecule has 21 heavy (non-hydrogen) atoms. The molecule has 1 atom stereocenters. The van der Waals surface area contributed by atoms with E-state index < -0.39 is 0 Å². The second-order valence-electron chi connectivity index (χ2n) is 5.94. The minimum atomic E-state index is 0.0145. The Labute approximate surface area is 125 Å².